The summed E-state index contributed by atoms with van der Waals surface area (Å²) in [5.41, 5.74) is 1.65. The van der Waals surface area contributed by atoms with Gasteiger partial charge in [0, 0.05) is 19.2 Å². The number of ether oxygens (including phenoxy) is 2. The number of rotatable bonds is 7. The van der Waals surface area contributed by atoms with Gasteiger partial charge in [0.25, 0.3) is 5.91 Å². The molecule has 4 nitrogen and oxygen atoms in total. The van der Waals surface area contributed by atoms with Crippen molar-refractivity contribution in [3.63, 3.8) is 0 Å². The highest BCUT2D eigenvalue weighted by molar-refractivity contribution is 5.94. The Kier molecular flexibility index (Phi) is 5.79. The Morgan fingerprint density at radius 2 is 1.86 bits per heavy atom. The lowest BCUT2D eigenvalue weighted by molar-refractivity contribution is 0.0950. The molecular formula is C17H19NO3. The summed E-state index contributed by atoms with van der Waals surface area (Å²) < 4.78 is 10.4. The van der Waals surface area contributed by atoms with Crippen LogP contribution in [0.4, 0.5) is 0 Å². The molecule has 0 aliphatic carbocycles. The van der Waals surface area contributed by atoms with Crippen LogP contribution in [0, 0.1) is 0 Å². The number of hydrogen-bond donors (Lipinski definition) is 1. The number of methoxy groups -OCH3 is 1. The summed E-state index contributed by atoms with van der Waals surface area (Å²) >= 11 is 0. The Bertz CT molecular complexity index is 569. The van der Waals surface area contributed by atoms with Gasteiger partial charge < -0.3 is 14.8 Å². The van der Waals surface area contributed by atoms with E-state index in [0.717, 1.165) is 5.56 Å². The van der Waals surface area contributed by atoms with E-state index in [4.69, 9.17) is 9.47 Å². The highest BCUT2D eigenvalue weighted by Crippen LogP contribution is 2.13. The highest BCUT2D eigenvalue weighted by atomic mass is 16.5. The predicted octanol–water partition coefficient (Wildman–Crippen LogP) is 2.64. The van der Waals surface area contributed by atoms with Gasteiger partial charge in [0.2, 0.25) is 0 Å². The Balaban J connectivity index is 1.91. The summed E-state index contributed by atoms with van der Waals surface area (Å²) in [6.07, 6.45) is 0. The van der Waals surface area contributed by atoms with Crippen LogP contribution in [0.1, 0.15) is 15.9 Å². The molecule has 0 spiro atoms. The molecule has 0 aromatic heterocycles. The lowest BCUT2D eigenvalue weighted by Gasteiger charge is -2.08. The van der Waals surface area contributed by atoms with Crippen LogP contribution in [-0.2, 0) is 11.3 Å². The zero-order chi connectivity index (χ0) is 14.9. The molecule has 21 heavy (non-hydrogen) atoms. The second-order valence-corrected chi connectivity index (χ2v) is 4.54. The summed E-state index contributed by atoms with van der Waals surface area (Å²) in [7, 11) is 1.62. The highest BCUT2D eigenvalue weighted by Gasteiger charge is 2.06. The molecule has 1 N–H and O–H groups in total. The van der Waals surface area contributed by atoms with Gasteiger partial charge in [-0.25, -0.2) is 0 Å². The van der Waals surface area contributed by atoms with Gasteiger partial charge in [-0.05, 0) is 23.8 Å². The Hall–Kier alpha value is -2.33. The number of carbonyl (C=O) groups is 1. The van der Waals surface area contributed by atoms with Gasteiger partial charge in [-0.15, -0.1) is 0 Å². The first-order valence-corrected chi connectivity index (χ1v) is 6.83. The summed E-state index contributed by atoms with van der Waals surface area (Å²) in [5.74, 6) is 0.551. The zero-order valence-corrected chi connectivity index (χ0v) is 12.0. The smallest absolute Gasteiger partial charge is 0.251 e. The van der Waals surface area contributed by atoms with Crippen molar-refractivity contribution in [2.45, 2.75) is 6.54 Å². The maximum absolute atomic E-state index is 12.1. The third kappa shape index (κ3) is 4.93. The Morgan fingerprint density at radius 1 is 1.05 bits per heavy atom. The summed E-state index contributed by atoms with van der Waals surface area (Å²) in [6, 6.07) is 16.9. The third-order valence-electron chi connectivity index (χ3n) is 2.95. The number of hydrogen-bond acceptors (Lipinski definition) is 3. The molecule has 0 saturated heterocycles. The van der Waals surface area contributed by atoms with Crippen molar-refractivity contribution in [2.24, 2.45) is 0 Å². The normalized spacial score (nSPS) is 10.1. The molecular weight excluding hydrogens is 266 g/mol. The lowest BCUT2D eigenvalue weighted by Crippen LogP contribution is -2.22. The summed E-state index contributed by atoms with van der Waals surface area (Å²) in [5, 5.41) is 2.89. The van der Waals surface area contributed by atoms with Crippen molar-refractivity contribution in [2.75, 3.05) is 20.3 Å². The molecule has 0 aliphatic rings. The van der Waals surface area contributed by atoms with E-state index in [-0.39, 0.29) is 5.91 Å². The Labute approximate surface area is 124 Å². The van der Waals surface area contributed by atoms with E-state index in [1.165, 1.54) is 0 Å². The lowest BCUT2D eigenvalue weighted by atomic mass is 10.2. The first-order valence-electron chi connectivity index (χ1n) is 6.83. The average Bonchev–Trinajstić information content (AvgIpc) is 2.54. The van der Waals surface area contributed by atoms with Crippen LogP contribution in [0.5, 0.6) is 5.75 Å². The fourth-order valence-corrected chi connectivity index (χ4v) is 1.85. The molecule has 110 valence electrons. The number of carbonyl (C=O) groups excluding carboxylic acids is 1. The van der Waals surface area contributed by atoms with Crippen LogP contribution < -0.4 is 10.1 Å². The van der Waals surface area contributed by atoms with E-state index < -0.39 is 0 Å². The molecule has 2 aromatic rings. The van der Waals surface area contributed by atoms with Crippen molar-refractivity contribution >= 4 is 5.91 Å². The standard InChI is InChI=1S/C17H19NO3/c1-20-10-11-21-16-9-5-8-15(12-16)17(19)18-13-14-6-3-2-4-7-14/h2-9,12H,10-11,13H2,1H3,(H,18,19). The molecule has 0 fully saturated rings. The number of benzene rings is 2. The molecule has 0 radical (unpaired) electrons. The molecule has 2 rings (SSSR count). The molecule has 0 heterocycles. The van der Waals surface area contributed by atoms with Crippen molar-refractivity contribution in [3.05, 3.63) is 65.7 Å². The quantitative estimate of drug-likeness (QED) is 0.796. The molecule has 1 amide bonds. The maximum Gasteiger partial charge on any atom is 0.251 e. The first kappa shape index (κ1) is 15.1. The van der Waals surface area contributed by atoms with E-state index in [0.29, 0.717) is 31.1 Å². The fraction of sp³-hybridized carbons (Fsp3) is 0.235. The van der Waals surface area contributed by atoms with Crippen LogP contribution >= 0.6 is 0 Å². The molecule has 0 saturated carbocycles. The van der Waals surface area contributed by atoms with Crippen LogP contribution in [0.3, 0.4) is 0 Å². The molecule has 4 heteroatoms. The van der Waals surface area contributed by atoms with Gasteiger partial charge in [-0.2, -0.15) is 0 Å². The van der Waals surface area contributed by atoms with Crippen LogP contribution in [0.2, 0.25) is 0 Å². The van der Waals surface area contributed by atoms with Crippen LogP contribution in [0.15, 0.2) is 54.6 Å². The maximum atomic E-state index is 12.1. The number of amides is 1. The van der Waals surface area contributed by atoms with Crippen molar-refractivity contribution in [1.29, 1.82) is 0 Å². The number of nitrogens with one attached hydrogen (secondary N) is 1. The minimum Gasteiger partial charge on any atom is -0.491 e. The summed E-state index contributed by atoms with van der Waals surface area (Å²) in [4.78, 5) is 12.1. The van der Waals surface area contributed by atoms with Gasteiger partial charge in [0.15, 0.2) is 0 Å². The van der Waals surface area contributed by atoms with E-state index in [1.807, 2.05) is 36.4 Å². The van der Waals surface area contributed by atoms with Crippen molar-refractivity contribution in [3.8, 4) is 5.75 Å². The molecule has 0 aliphatic heterocycles. The second-order valence-electron chi connectivity index (χ2n) is 4.54. The van der Waals surface area contributed by atoms with Crippen LogP contribution in [-0.4, -0.2) is 26.2 Å². The van der Waals surface area contributed by atoms with Gasteiger partial charge in [-0.3, -0.25) is 4.79 Å². The van der Waals surface area contributed by atoms with Crippen molar-refractivity contribution in [1.82, 2.24) is 5.32 Å². The summed E-state index contributed by atoms with van der Waals surface area (Å²) in [6.45, 7) is 1.49. The third-order valence-corrected chi connectivity index (χ3v) is 2.95. The first-order chi connectivity index (χ1) is 10.3. The van der Waals surface area contributed by atoms with E-state index in [2.05, 4.69) is 5.32 Å². The average molecular weight is 285 g/mol. The minimum absolute atomic E-state index is 0.115. The van der Waals surface area contributed by atoms with E-state index in [9.17, 15) is 4.79 Å². The fourth-order valence-electron chi connectivity index (χ4n) is 1.85. The SMILES string of the molecule is COCCOc1cccc(C(=O)NCc2ccccc2)c1. The second kappa shape index (κ2) is 8.07. The predicted molar refractivity (Wildman–Crippen MR) is 81.4 cm³/mol. The molecule has 2 aromatic carbocycles. The van der Waals surface area contributed by atoms with Crippen molar-refractivity contribution < 1.29 is 14.3 Å². The molecule has 0 atom stereocenters. The zero-order valence-electron chi connectivity index (χ0n) is 12.0. The largest absolute Gasteiger partial charge is 0.491 e. The van der Waals surface area contributed by atoms with Crippen LogP contribution in [0.25, 0.3) is 0 Å². The van der Waals surface area contributed by atoms with Gasteiger partial charge in [0.1, 0.15) is 12.4 Å². The van der Waals surface area contributed by atoms with E-state index >= 15 is 0 Å². The van der Waals surface area contributed by atoms with E-state index in [1.54, 1.807) is 25.3 Å². The monoisotopic (exact) mass is 285 g/mol. The van der Waals surface area contributed by atoms with Gasteiger partial charge >= 0.3 is 0 Å². The topological polar surface area (TPSA) is 47.6 Å². The Morgan fingerprint density at radius 3 is 2.62 bits per heavy atom. The molecule has 0 unspecified atom stereocenters. The van der Waals surface area contributed by atoms with Gasteiger partial charge in [-0.1, -0.05) is 36.4 Å². The molecule has 0 bridgehead atoms. The minimum atomic E-state index is -0.115. The van der Waals surface area contributed by atoms with Gasteiger partial charge in [0.05, 0.1) is 6.61 Å².